The molecule has 0 aromatic heterocycles. The molecule has 0 aliphatic carbocycles. The van der Waals surface area contributed by atoms with Gasteiger partial charge >= 0.3 is 6.18 Å². The van der Waals surface area contributed by atoms with Gasteiger partial charge < -0.3 is 4.74 Å². The van der Waals surface area contributed by atoms with Gasteiger partial charge in [0, 0.05) is 6.61 Å². The highest BCUT2D eigenvalue weighted by Gasteiger charge is 2.31. The molecule has 1 radical (unpaired) electrons. The third kappa shape index (κ3) is 5.09. The molecule has 0 spiro atoms. The third-order valence-corrected chi connectivity index (χ3v) is 1.16. The first kappa shape index (κ1) is 10.8. The van der Waals surface area contributed by atoms with Crippen molar-refractivity contribution < 1.29 is 17.9 Å². The quantitative estimate of drug-likeness (QED) is 0.617. The summed E-state index contributed by atoms with van der Waals surface area (Å²) >= 11 is 4.83. The first-order valence-electron chi connectivity index (χ1n) is 2.78. The molecule has 0 saturated heterocycles. The van der Waals surface area contributed by atoms with Gasteiger partial charge in [-0.05, 0) is 13.0 Å². The Morgan fingerprint density at radius 1 is 1.55 bits per heavy atom. The smallest absolute Gasteiger partial charge is 0.377 e. The summed E-state index contributed by atoms with van der Waals surface area (Å²) in [5, 5.41) is -1.16. The monoisotopic (exact) mass is 187 g/mol. The Labute approximate surface area is 67.8 Å². The van der Waals surface area contributed by atoms with Crippen LogP contribution in [0.1, 0.15) is 0 Å². The normalized spacial score (nSPS) is 13.7. The first-order valence-corrected chi connectivity index (χ1v) is 3.16. The van der Waals surface area contributed by atoms with Crippen LogP contribution < -0.4 is 0 Å². The highest BCUT2D eigenvalue weighted by molar-refractivity contribution is 6.30. The number of alkyl halides is 3. The zero-order valence-electron chi connectivity index (χ0n) is 5.62. The minimum absolute atomic E-state index is 0.124. The minimum atomic E-state index is -4.47. The van der Waals surface area contributed by atoms with E-state index in [4.69, 9.17) is 11.6 Å². The van der Waals surface area contributed by atoms with Crippen LogP contribution >= 0.6 is 11.6 Å². The summed E-state index contributed by atoms with van der Waals surface area (Å²) < 4.78 is 39.3. The topological polar surface area (TPSA) is 9.23 Å². The molecule has 0 fully saturated rings. The first-order chi connectivity index (χ1) is 4.98. The van der Waals surface area contributed by atoms with E-state index in [1.165, 1.54) is 0 Å². The number of hydrogen-bond acceptors (Lipinski definition) is 1. The average molecular weight is 188 g/mol. The van der Waals surface area contributed by atoms with Gasteiger partial charge in [0.2, 0.25) is 0 Å². The highest BCUT2D eigenvalue weighted by Crippen LogP contribution is 2.27. The Kier molecular flexibility index (Phi) is 4.52. The van der Waals surface area contributed by atoms with Crippen molar-refractivity contribution >= 4 is 11.6 Å². The van der Waals surface area contributed by atoms with Gasteiger partial charge in [0.15, 0.2) is 0 Å². The molecule has 5 heteroatoms. The van der Waals surface area contributed by atoms with Crippen LogP contribution in [-0.2, 0) is 4.74 Å². The van der Waals surface area contributed by atoms with Crippen LogP contribution in [-0.4, -0.2) is 19.4 Å². The Morgan fingerprint density at radius 3 is 2.45 bits per heavy atom. The van der Waals surface area contributed by atoms with Crippen molar-refractivity contribution in [2.75, 3.05) is 13.2 Å². The molecule has 0 aromatic rings. The summed E-state index contributed by atoms with van der Waals surface area (Å²) in [6, 6.07) is 0. The predicted molar refractivity (Wildman–Crippen MR) is 36.2 cm³/mol. The molecule has 0 heterocycles. The average Bonchev–Trinajstić information content (AvgIpc) is 1.86. The van der Waals surface area contributed by atoms with Crippen molar-refractivity contribution in [1.82, 2.24) is 0 Å². The maximum Gasteiger partial charge on any atom is 0.426 e. The molecular formula is C6H7ClF3O. The molecule has 0 atom stereocenters. The largest absolute Gasteiger partial charge is 0.426 e. The molecular weight excluding hydrogens is 181 g/mol. The van der Waals surface area contributed by atoms with Gasteiger partial charge in [-0.3, -0.25) is 0 Å². The standard InChI is InChI=1S/C6H7ClF3O/c1-2-11-4-3-5(7)6(8,9)10/h3H,1-2,4H2. The summed E-state index contributed by atoms with van der Waals surface area (Å²) in [5.41, 5.74) is 0. The predicted octanol–water partition coefficient (Wildman–Crippen LogP) is 2.52. The number of ether oxygens (including phenoxy) is 1. The molecule has 0 aliphatic heterocycles. The molecule has 0 bridgehead atoms. The van der Waals surface area contributed by atoms with Crippen molar-refractivity contribution in [3.8, 4) is 0 Å². The molecule has 0 unspecified atom stereocenters. The van der Waals surface area contributed by atoms with E-state index in [1.54, 1.807) is 0 Å². The summed E-state index contributed by atoms with van der Waals surface area (Å²) in [4.78, 5) is 0. The van der Waals surface area contributed by atoms with Crippen molar-refractivity contribution in [3.05, 3.63) is 18.0 Å². The Balaban J connectivity index is 3.81. The minimum Gasteiger partial charge on any atom is -0.377 e. The van der Waals surface area contributed by atoms with Crippen LogP contribution in [0.3, 0.4) is 0 Å². The van der Waals surface area contributed by atoms with Crippen LogP contribution in [0.25, 0.3) is 0 Å². The Bertz CT molecular complexity index is 141. The van der Waals surface area contributed by atoms with Gasteiger partial charge in [0.05, 0.1) is 6.61 Å². The van der Waals surface area contributed by atoms with E-state index >= 15 is 0 Å². The molecule has 0 aromatic carbocycles. The second kappa shape index (κ2) is 4.62. The van der Waals surface area contributed by atoms with E-state index in [2.05, 4.69) is 11.7 Å². The molecule has 65 valence electrons. The summed E-state index contributed by atoms with van der Waals surface area (Å²) in [7, 11) is 0. The van der Waals surface area contributed by atoms with Gasteiger partial charge in [-0.1, -0.05) is 11.6 Å². The summed E-state index contributed by atoms with van der Waals surface area (Å²) in [6.07, 6.45) is -3.71. The Morgan fingerprint density at radius 2 is 2.09 bits per heavy atom. The molecule has 0 N–H and O–H groups in total. The highest BCUT2D eigenvalue weighted by atomic mass is 35.5. The fourth-order valence-electron chi connectivity index (χ4n) is 0.331. The second-order valence-electron chi connectivity index (χ2n) is 1.62. The van der Waals surface area contributed by atoms with Crippen LogP contribution in [0, 0.1) is 6.92 Å². The maximum absolute atomic E-state index is 11.6. The van der Waals surface area contributed by atoms with Gasteiger partial charge in [-0.25, -0.2) is 0 Å². The number of hydrogen-bond donors (Lipinski definition) is 0. The van der Waals surface area contributed by atoms with Gasteiger partial charge in [0.25, 0.3) is 0 Å². The molecule has 11 heavy (non-hydrogen) atoms. The SMILES string of the molecule is [CH2]COCC=C(Cl)C(F)(F)F. The lowest BCUT2D eigenvalue weighted by Crippen LogP contribution is -2.08. The molecule has 0 rings (SSSR count). The van der Waals surface area contributed by atoms with Crippen LogP contribution in [0.4, 0.5) is 13.2 Å². The van der Waals surface area contributed by atoms with Crippen LogP contribution in [0.15, 0.2) is 11.1 Å². The lowest BCUT2D eigenvalue weighted by atomic mass is 10.5. The van der Waals surface area contributed by atoms with Crippen molar-refractivity contribution in [1.29, 1.82) is 0 Å². The van der Waals surface area contributed by atoms with Crippen LogP contribution in [0.5, 0.6) is 0 Å². The second-order valence-corrected chi connectivity index (χ2v) is 2.03. The van der Waals surface area contributed by atoms with E-state index in [-0.39, 0.29) is 13.2 Å². The maximum atomic E-state index is 11.6. The van der Waals surface area contributed by atoms with Crippen molar-refractivity contribution in [3.63, 3.8) is 0 Å². The summed E-state index contributed by atoms with van der Waals surface area (Å²) in [6.45, 7) is 3.23. The number of halogens is 4. The summed E-state index contributed by atoms with van der Waals surface area (Å²) in [5.74, 6) is 0. The van der Waals surface area contributed by atoms with Crippen LogP contribution in [0.2, 0.25) is 0 Å². The third-order valence-electron chi connectivity index (χ3n) is 0.796. The van der Waals surface area contributed by atoms with Gasteiger partial charge in [-0.2, -0.15) is 13.2 Å². The molecule has 0 amide bonds. The zero-order valence-corrected chi connectivity index (χ0v) is 6.37. The fraction of sp³-hybridized carbons (Fsp3) is 0.500. The molecule has 0 aliphatic rings. The molecule has 1 nitrogen and oxygen atoms in total. The van der Waals surface area contributed by atoms with E-state index in [9.17, 15) is 13.2 Å². The van der Waals surface area contributed by atoms with E-state index in [0.29, 0.717) is 0 Å². The van der Waals surface area contributed by atoms with Gasteiger partial charge in [-0.15, -0.1) is 0 Å². The Hall–Kier alpha value is -0.220. The number of rotatable bonds is 3. The van der Waals surface area contributed by atoms with E-state index < -0.39 is 11.2 Å². The van der Waals surface area contributed by atoms with E-state index in [1.807, 2.05) is 0 Å². The fourth-order valence-corrected chi connectivity index (χ4v) is 0.394. The lowest BCUT2D eigenvalue weighted by molar-refractivity contribution is -0.0850. The number of allylic oxidation sites excluding steroid dienone is 1. The van der Waals surface area contributed by atoms with E-state index in [0.717, 1.165) is 6.08 Å². The zero-order chi connectivity index (χ0) is 8.91. The van der Waals surface area contributed by atoms with Crippen molar-refractivity contribution in [2.24, 2.45) is 0 Å². The van der Waals surface area contributed by atoms with Gasteiger partial charge in [0.1, 0.15) is 5.03 Å². The lowest BCUT2D eigenvalue weighted by Gasteiger charge is -2.03. The van der Waals surface area contributed by atoms with Crippen molar-refractivity contribution in [2.45, 2.75) is 6.18 Å². The molecule has 0 saturated carbocycles.